The van der Waals surface area contributed by atoms with E-state index in [0.717, 1.165) is 48.8 Å². The molecule has 0 saturated carbocycles. The van der Waals surface area contributed by atoms with Crippen molar-refractivity contribution in [3.63, 3.8) is 0 Å². The van der Waals surface area contributed by atoms with Gasteiger partial charge in [0.1, 0.15) is 5.82 Å². The third-order valence-electron chi connectivity index (χ3n) is 5.71. The summed E-state index contributed by atoms with van der Waals surface area (Å²) in [6.45, 7) is 6.95. The van der Waals surface area contributed by atoms with Gasteiger partial charge in [0.05, 0.1) is 11.4 Å². The Morgan fingerprint density at radius 2 is 1.84 bits per heavy atom. The van der Waals surface area contributed by atoms with Crippen molar-refractivity contribution in [1.29, 1.82) is 0 Å². The first-order chi connectivity index (χ1) is 15.2. The van der Waals surface area contributed by atoms with Crippen molar-refractivity contribution in [2.45, 2.75) is 39.3 Å². The molecule has 0 saturated heterocycles. The van der Waals surface area contributed by atoms with E-state index in [1.54, 1.807) is 0 Å². The number of hydrogen-bond donors (Lipinski definition) is 0. The van der Waals surface area contributed by atoms with E-state index in [4.69, 9.17) is 10.1 Å². The number of aromatic nitrogens is 5. The molecule has 6 heteroatoms. The van der Waals surface area contributed by atoms with Crippen molar-refractivity contribution in [3.05, 3.63) is 89.9 Å². The minimum atomic E-state index is 0.357. The fraction of sp³-hybridized carbons (Fsp3) is 0.280. The van der Waals surface area contributed by atoms with Gasteiger partial charge in [-0.1, -0.05) is 32.0 Å². The van der Waals surface area contributed by atoms with Gasteiger partial charge >= 0.3 is 0 Å². The Morgan fingerprint density at radius 1 is 1.03 bits per heavy atom. The quantitative estimate of drug-likeness (QED) is 0.488. The van der Waals surface area contributed by atoms with Crippen LogP contribution < -0.4 is 0 Å². The van der Waals surface area contributed by atoms with Crippen LogP contribution in [-0.2, 0) is 19.5 Å². The van der Waals surface area contributed by atoms with Gasteiger partial charge in [0.25, 0.3) is 0 Å². The largest absolute Gasteiger partial charge is 0.294 e. The van der Waals surface area contributed by atoms with E-state index in [-0.39, 0.29) is 0 Å². The van der Waals surface area contributed by atoms with Crippen LogP contribution in [0.15, 0.2) is 67.3 Å². The van der Waals surface area contributed by atoms with Crippen molar-refractivity contribution in [1.82, 2.24) is 29.6 Å². The van der Waals surface area contributed by atoms with Crippen LogP contribution in [0, 0.1) is 0 Å². The van der Waals surface area contributed by atoms with Crippen LogP contribution in [-0.4, -0.2) is 36.2 Å². The summed E-state index contributed by atoms with van der Waals surface area (Å²) in [5, 5.41) is 4.93. The number of benzene rings is 1. The van der Waals surface area contributed by atoms with Gasteiger partial charge in [-0.3, -0.25) is 9.88 Å². The number of pyridine rings is 1. The summed E-state index contributed by atoms with van der Waals surface area (Å²) in [6, 6.07) is 14.3. The molecule has 0 aliphatic carbocycles. The summed E-state index contributed by atoms with van der Waals surface area (Å²) in [6.07, 6.45) is 8.76. The van der Waals surface area contributed by atoms with Crippen LogP contribution in [0.3, 0.4) is 0 Å². The molecule has 3 aromatic heterocycles. The molecule has 4 heterocycles. The van der Waals surface area contributed by atoms with Crippen LogP contribution in [0.5, 0.6) is 0 Å². The molecule has 5 rings (SSSR count). The molecule has 6 nitrogen and oxygen atoms in total. The lowest BCUT2D eigenvalue weighted by Gasteiger charge is -2.28. The van der Waals surface area contributed by atoms with E-state index in [1.807, 2.05) is 53.6 Å². The summed E-state index contributed by atoms with van der Waals surface area (Å²) in [5.41, 5.74) is 6.78. The van der Waals surface area contributed by atoms with E-state index >= 15 is 0 Å². The van der Waals surface area contributed by atoms with Gasteiger partial charge < -0.3 is 0 Å². The minimum Gasteiger partial charge on any atom is -0.294 e. The van der Waals surface area contributed by atoms with Crippen LogP contribution >= 0.6 is 0 Å². The molecule has 156 valence electrons. The molecule has 0 atom stereocenters. The standard InChI is InChI=1S/C25H26N6/c1-18(2)25-27-14-20-15-30(13-10-23(20)28-25)16-21-17-31(22-6-4-3-5-7-22)29-24(21)19-8-11-26-12-9-19/h3-9,11-12,14,17-18H,10,13,15-16H2,1-2H3. The van der Waals surface area contributed by atoms with Gasteiger partial charge in [-0.2, -0.15) is 5.10 Å². The van der Waals surface area contributed by atoms with Crippen LogP contribution in [0.2, 0.25) is 0 Å². The topological polar surface area (TPSA) is 59.7 Å². The lowest BCUT2D eigenvalue weighted by molar-refractivity contribution is 0.242. The molecule has 1 aliphatic rings. The monoisotopic (exact) mass is 410 g/mol. The number of hydrogen-bond acceptors (Lipinski definition) is 5. The van der Waals surface area contributed by atoms with E-state index in [0.29, 0.717) is 5.92 Å². The van der Waals surface area contributed by atoms with Crippen molar-refractivity contribution < 1.29 is 0 Å². The minimum absolute atomic E-state index is 0.357. The van der Waals surface area contributed by atoms with E-state index in [1.165, 1.54) is 16.8 Å². The Labute approximate surface area is 182 Å². The predicted molar refractivity (Wildman–Crippen MR) is 121 cm³/mol. The molecule has 4 aromatic rings. The van der Waals surface area contributed by atoms with Crippen LogP contribution in [0.1, 0.15) is 42.4 Å². The number of nitrogens with zero attached hydrogens (tertiary/aromatic N) is 6. The zero-order valence-electron chi connectivity index (χ0n) is 17.9. The molecule has 0 bridgehead atoms. The van der Waals surface area contributed by atoms with Gasteiger partial charge in [0.2, 0.25) is 0 Å². The highest BCUT2D eigenvalue weighted by atomic mass is 15.3. The lowest BCUT2D eigenvalue weighted by Crippen LogP contribution is -2.31. The number of fused-ring (bicyclic) bond motifs is 1. The smallest absolute Gasteiger partial charge is 0.131 e. The fourth-order valence-corrected chi connectivity index (χ4v) is 4.04. The van der Waals surface area contributed by atoms with Gasteiger partial charge in [0, 0.05) is 79.1 Å². The summed E-state index contributed by atoms with van der Waals surface area (Å²) >= 11 is 0. The molecule has 0 fully saturated rings. The SMILES string of the molecule is CC(C)c1ncc2c(n1)CCN(Cc1cn(-c3ccccc3)nc1-c1ccncc1)C2. The molecule has 0 unspecified atom stereocenters. The molecule has 0 N–H and O–H groups in total. The molecule has 1 aromatic carbocycles. The molecule has 0 amide bonds. The summed E-state index contributed by atoms with van der Waals surface area (Å²) in [5.74, 6) is 1.30. The first-order valence-corrected chi connectivity index (χ1v) is 10.8. The molecule has 0 spiro atoms. The number of para-hydroxylation sites is 1. The van der Waals surface area contributed by atoms with Gasteiger partial charge in [-0.15, -0.1) is 0 Å². The lowest BCUT2D eigenvalue weighted by atomic mass is 10.0. The van der Waals surface area contributed by atoms with Crippen molar-refractivity contribution in [3.8, 4) is 16.9 Å². The average Bonchev–Trinajstić information content (AvgIpc) is 3.23. The second kappa shape index (κ2) is 8.40. The van der Waals surface area contributed by atoms with E-state index in [9.17, 15) is 0 Å². The Kier molecular flexibility index (Phi) is 5.30. The van der Waals surface area contributed by atoms with Gasteiger partial charge in [0.15, 0.2) is 0 Å². The first kappa shape index (κ1) is 19.6. The first-order valence-electron chi connectivity index (χ1n) is 10.8. The highest BCUT2D eigenvalue weighted by molar-refractivity contribution is 5.62. The zero-order chi connectivity index (χ0) is 21.2. The van der Waals surface area contributed by atoms with Crippen molar-refractivity contribution >= 4 is 0 Å². The molecular formula is C25H26N6. The van der Waals surface area contributed by atoms with E-state index in [2.05, 4.69) is 47.0 Å². The van der Waals surface area contributed by atoms with Crippen LogP contribution in [0.25, 0.3) is 16.9 Å². The third kappa shape index (κ3) is 4.11. The molecule has 0 radical (unpaired) electrons. The Hall–Kier alpha value is -3.38. The summed E-state index contributed by atoms with van der Waals surface area (Å²) in [7, 11) is 0. The van der Waals surface area contributed by atoms with Gasteiger partial charge in [-0.25, -0.2) is 14.6 Å². The van der Waals surface area contributed by atoms with Crippen LogP contribution in [0.4, 0.5) is 0 Å². The van der Waals surface area contributed by atoms with Crippen molar-refractivity contribution in [2.75, 3.05) is 6.54 Å². The number of rotatable bonds is 5. The Morgan fingerprint density at radius 3 is 2.61 bits per heavy atom. The second-order valence-corrected chi connectivity index (χ2v) is 8.33. The Bertz CT molecular complexity index is 1170. The maximum absolute atomic E-state index is 4.93. The Balaban J connectivity index is 1.44. The van der Waals surface area contributed by atoms with Crippen molar-refractivity contribution in [2.24, 2.45) is 0 Å². The van der Waals surface area contributed by atoms with Gasteiger partial charge in [-0.05, 0) is 24.3 Å². The fourth-order valence-electron chi connectivity index (χ4n) is 4.04. The predicted octanol–water partition coefficient (Wildman–Crippen LogP) is 4.41. The zero-order valence-corrected chi connectivity index (χ0v) is 17.9. The highest BCUT2D eigenvalue weighted by Gasteiger charge is 2.22. The molecular weight excluding hydrogens is 384 g/mol. The molecule has 31 heavy (non-hydrogen) atoms. The van der Waals surface area contributed by atoms with E-state index < -0.39 is 0 Å². The average molecular weight is 411 g/mol. The molecule has 1 aliphatic heterocycles. The maximum Gasteiger partial charge on any atom is 0.131 e. The second-order valence-electron chi connectivity index (χ2n) is 8.33. The maximum atomic E-state index is 4.93. The highest BCUT2D eigenvalue weighted by Crippen LogP contribution is 2.27. The summed E-state index contributed by atoms with van der Waals surface area (Å²) < 4.78 is 1.97. The third-order valence-corrected chi connectivity index (χ3v) is 5.71. The normalized spacial score (nSPS) is 14.0. The summed E-state index contributed by atoms with van der Waals surface area (Å²) in [4.78, 5) is 16.0.